The second kappa shape index (κ2) is 5.58. The van der Waals surface area contributed by atoms with Crippen molar-refractivity contribution in [2.45, 2.75) is 18.9 Å². The largest absolute Gasteiger partial charge is 0.464 e. The Bertz CT molecular complexity index is 391. The zero-order chi connectivity index (χ0) is 12.1. The summed E-state index contributed by atoms with van der Waals surface area (Å²) in [6.45, 7) is 2.00. The highest BCUT2D eigenvalue weighted by molar-refractivity contribution is 5.87. The number of hydrogen-bond donors (Lipinski definition) is 2. The first-order chi connectivity index (χ1) is 8.29. The minimum absolute atomic E-state index is 0.228. The second-order valence-corrected chi connectivity index (χ2v) is 3.95. The van der Waals surface area contributed by atoms with Crippen molar-refractivity contribution in [3.8, 4) is 0 Å². The standard InChI is InChI=1S/C11H16N4O2/c1-17-11(16)9-6-13-7-10(15-9)14-8-2-4-12-5-3-8/h6-8,12H,2-5H2,1H3,(H,14,15). The SMILES string of the molecule is COC(=O)c1cncc(NC2CCNCC2)n1. The number of methoxy groups -OCH3 is 1. The Hall–Kier alpha value is -1.69. The fraction of sp³-hybridized carbons (Fsp3) is 0.545. The average Bonchev–Trinajstić information content (AvgIpc) is 2.39. The number of esters is 1. The number of ether oxygens (including phenoxy) is 1. The van der Waals surface area contributed by atoms with Crippen molar-refractivity contribution < 1.29 is 9.53 Å². The van der Waals surface area contributed by atoms with Gasteiger partial charge in [-0.25, -0.2) is 9.78 Å². The van der Waals surface area contributed by atoms with E-state index in [2.05, 4.69) is 25.3 Å². The van der Waals surface area contributed by atoms with E-state index in [0.29, 0.717) is 11.9 Å². The molecular weight excluding hydrogens is 220 g/mol. The molecule has 1 aromatic rings. The number of piperidine rings is 1. The number of carbonyl (C=O) groups is 1. The summed E-state index contributed by atoms with van der Waals surface area (Å²) in [5, 5.41) is 6.57. The van der Waals surface area contributed by atoms with Crippen molar-refractivity contribution in [2.24, 2.45) is 0 Å². The molecule has 0 atom stereocenters. The van der Waals surface area contributed by atoms with Crippen molar-refractivity contribution >= 4 is 11.8 Å². The van der Waals surface area contributed by atoms with Gasteiger partial charge in [-0.3, -0.25) is 4.98 Å². The van der Waals surface area contributed by atoms with E-state index in [1.54, 1.807) is 6.20 Å². The fourth-order valence-electron chi connectivity index (χ4n) is 1.81. The van der Waals surface area contributed by atoms with Crippen molar-refractivity contribution in [2.75, 3.05) is 25.5 Å². The van der Waals surface area contributed by atoms with E-state index in [9.17, 15) is 4.79 Å². The average molecular weight is 236 g/mol. The van der Waals surface area contributed by atoms with Gasteiger partial charge < -0.3 is 15.4 Å². The van der Waals surface area contributed by atoms with Gasteiger partial charge in [-0.2, -0.15) is 0 Å². The van der Waals surface area contributed by atoms with E-state index in [1.165, 1.54) is 13.3 Å². The number of nitrogens with zero attached hydrogens (tertiary/aromatic N) is 2. The third kappa shape index (κ3) is 3.13. The van der Waals surface area contributed by atoms with Crippen LogP contribution in [-0.4, -0.2) is 42.2 Å². The summed E-state index contributed by atoms with van der Waals surface area (Å²) >= 11 is 0. The van der Waals surface area contributed by atoms with Gasteiger partial charge in [0.1, 0.15) is 5.82 Å². The van der Waals surface area contributed by atoms with Crippen LogP contribution in [-0.2, 0) is 4.74 Å². The first-order valence-corrected chi connectivity index (χ1v) is 5.67. The summed E-state index contributed by atoms with van der Waals surface area (Å²) < 4.78 is 4.60. The highest BCUT2D eigenvalue weighted by atomic mass is 16.5. The highest BCUT2D eigenvalue weighted by Gasteiger charge is 2.14. The maximum absolute atomic E-state index is 11.3. The summed E-state index contributed by atoms with van der Waals surface area (Å²) in [4.78, 5) is 19.4. The Balaban J connectivity index is 2.02. The summed E-state index contributed by atoms with van der Waals surface area (Å²) in [5.41, 5.74) is 0.228. The van der Waals surface area contributed by atoms with Crippen LogP contribution in [0, 0.1) is 0 Å². The molecule has 92 valence electrons. The predicted molar refractivity (Wildman–Crippen MR) is 62.9 cm³/mol. The molecule has 1 saturated heterocycles. The quantitative estimate of drug-likeness (QED) is 0.741. The Labute approximate surface area is 99.8 Å². The molecule has 0 unspecified atom stereocenters. The van der Waals surface area contributed by atoms with Gasteiger partial charge in [0.2, 0.25) is 0 Å². The fourth-order valence-corrected chi connectivity index (χ4v) is 1.81. The van der Waals surface area contributed by atoms with Gasteiger partial charge in [-0.15, -0.1) is 0 Å². The second-order valence-electron chi connectivity index (χ2n) is 3.95. The van der Waals surface area contributed by atoms with Crippen LogP contribution in [0.5, 0.6) is 0 Å². The lowest BCUT2D eigenvalue weighted by atomic mass is 10.1. The molecular formula is C11H16N4O2. The molecule has 0 bridgehead atoms. The molecule has 1 aromatic heterocycles. The molecule has 17 heavy (non-hydrogen) atoms. The van der Waals surface area contributed by atoms with Crippen molar-refractivity contribution in [1.82, 2.24) is 15.3 Å². The zero-order valence-electron chi connectivity index (χ0n) is 9.77. The molecule has 0 spiro atoms. The number of nitrogens with one attached hydrogen (secondary N) is 2. The number of rotatable bonds is 3. The van der Waals surface area contributed by atoms with Crippen molar-refractivity contribution in [1.29, 1.82) is 0 Å². The Morgan fingerprint density at radius 2 is 2.24 bits per heavy atom. The molecule has 0 amide bonds. The van der Waals surface area contributed by atoms with Crippen LogP contribution in [0.25, 0.3) is 0 Å². The van der Waals surface area contributed by atoms with E-state index < -0.39 is 5.97 Å². The number of hydrogen-bond acceptors (Lipinski definition) is 6. The minimum atomic E-state index is -0.466. The van der Waals surface area contributed by atoms with Crippen molar-refractivity contribution in [3.63, 3.8) is 0 Å². The normalized spacial score (nSPS) is 16.5. The van der Waals surface area contributed by atoms with Gasteiger partial charge in [0.05, 0.1) is 19.5 Å². The number of anilines is 1. The van der Waals surface area contributed by atoms with Crippen LogP contribution in [0.3, 0.4) is 0 Å². The predicted octanol–water partition coefficient (Wildman–Crippen LogP) is 0.427. The smallest absolute Gasteiger partial charge is 0.358 e. The molecule has 0 radical (unpaired) electrons. The molecule has 6 nitrogen and oxygen atoms in total. The molecule has 1 fully saturated rings. The van der Waals surface area contributed by atoms with Gasteiger partial charge in [0.15, 0.2) is 5.69 Å². The van der Waals surface area contributed by atoms with Crippen LogP contribution < -0.4 is 10.6 Å². The molecule has 0 aromatic carbocycles. The third-order valence-corrected chi connectivity index (χ3v) is 2.72. The topological polar surface area (TPSA) is 76.1 Å². The van der Waals surface area contributed by atoms with Gasteiger partial charge >= 0.3 is 5.97 Å². The Morgan fingerprint density at radius 3 is 2.94 bits per heavy atom. The molecule has 6 heteroatoms. The molecule has 2 N–H and O–H groups in total. The molecule has 2 heterocycles. The summed E-state index contributed by atoms with van der Waals surface area (Å²) in [6, 6.07) is 0.387. The summed E-state index contributed by atoms with van der Waals surface area (Å²) in [6.07, 6.45) is 5.11. The van der Waals surface area contributed by atoms with Gasteiger partial charge in [0.25, 0.3) is 0 Å². The zero-order valence-corrected chi connectivity index (χ0v) is 9.77. The maximum atomic E-state index is 11.3. The third-order valence-electron chi connectivity index (χ3n) is 2.72. The van der Waals surface area contributed by atoms with Gasteiger partial charge in [0, 0.05) is 6.04 Å². The number of carbonyl (C=O) groups excluding carboxylic acids is 1. The summed E-state index contributed by atoms with van der Waals surface area (Å²) in [5.74, 6) is 0.159. The van der Waals surface area contributed by atoms with E-state index in [4.69, 9.17) is 0 Å². The monoisotopic (exact) mass is 236 g/mol. The van der Waals surface area contributed by atoms with E-state index in [1.807, 2.05) is 0 Å². The van der Waals surface area contributed by atoms with Crippen molar-refractivity contribution in [3.05, 3.63) is 18.1 Å². The molecule has 0 aliphatic carbocycles. The number of aromatic nitrogens is 2. The van der Waals surface area contributed by atoms with Crippen LogP contribution in [0.2, 0.25) is 0 Å². The molecule has 0 saturated carbocycles. The maximum Gasteiger partial charge on any atom is 0.358 e. The van der Waals surface area contributed by atoms with Crippen LogP contribution >= 0.6 is 0 Å². The lowest BCUT2D eigenvalue weighted by Crippen LogP contribution is -2.35. The Kier molecular flexibility index (Phi) is 3.87. The minimum Gasteiger partial charge on any atom is -0.464 e. The molecule has 1 aliphatic heterocycles. The first kappa shape index (κ1) is 11.8. The van der Waals surface area contributed by atoms with Gasteiger partial charge in [-0.05, 0) is 25.9 Å². The molecule has 2 rings (SSSR count). The first-order valence-electron chi connectivity index (χ1n) is 5.67. The Morgan fingerprint density at radius 1 is 1.47 bits per heavy atom. The van der Waals surface area contributed by atoms with E-state index in [-0.39, 0.29) is 5.69 Å². The molecule has 1 aliphatic rings. The lowest BCUT2D eigenvalue weighted by molar-refractivity contribution is 0.0593. The van der Waals surface area contributed by atoms with Crippen LogP contribution in [0.15, 0.2) is 12.4 Å². The summed E-state index contributed by atoms with van der Waals surface area (Å²) in [7, 11) is 1.33. The van der Waals surface area contributed by atoms with Crippen LogP contribution in [0.1, 0.15) is 23.3 Å². The van der Waals surface area contributed by atoms with Crippen LogP contribution in [0.4, 0.5) is 5.82 Å². The lowest BCUT2D eigenvalue weighted by Gasteiger charge is -2.23. The van der Waals surface area contributed by atoms with E-state index >= 15 is 0 Å². The highest BCUT2D eigenvalue weighted by Crippen LogP contribution is 2.10. The van der Waals surface area contributed by atoms with Gasteiger partial charge in [-0.1, -0.05) is 0 Å². The van der Waals surface area contributed by atoms with E-state index in [0.717, 1.165) is 25.9 Å².